The second-order valence-corrected chi connectivity index (χ2v) is 8.87. The first-order valence-corrected chi connectivity index (χ1v) is 11.8. The molecule has 4 rings (SSSR count). The lowest BCUT2D eigenvalue weighted by molar-refractivity contribution is -0.147. The number of hydrogen-bond donors (Lipinski definition) is 1. The van der Waals surface area contributed by atoms with Crippen molar-refractivity contribution in [2.24, 2.45) is 5.92 Å². The van der Waals surface area contributed by atoms with Gasteiger partial charge in [0.15, 0.2) is 0 Å². The largest absolute Gasteiger partial charge is 0.481 e. The lowest BCUT2D eigenvalue weighted by Crippen LogP contribution is -2.50. The maximum absolute atomic E-state index is 10.4. The Bertz CT molecular complexity index is 1100. The molecule has 32 heavy (non-hydrogen) atoms. The van der Waals surface area contributed by atoms with Crippen LogP contribution in [0.5, 0.6) is 0 Å². The molecule has 0 amide bonds. The molecule has 0 aliphatic carbocycles. The number of carboxylic acids is 1. The minimum Gasteiger partial charge on any atom is -0.481 e. The van der Waals surface area contributed by atoms with Crippen LogP contribution in [0.4, 0.5) is 0 Å². The summed E-state index contributed by atoms with van der Waals surface area (Å²) in [6.45, 7) is 13.7. The number of nitrogens with zero attached hydrogens (tertiary/aromatic N) is 1. The third-order valence-corrected chi connectivity index (χ3v) is 6.41. The van der Waals surface area contributed by atoms with Crippen LogP contribution in [0.15, 0.2) is 77.1 Å². The maximum atomic E-state index is 10.4. The van der Waals surface area contributed by atoms with E-state index < -0.39 is 5.97 Å². The molecule has 1 N–H and O–H groups in total. The third kappa shape index (κ3) is 5.87. The number of thiophene rings is 1. The summed E-state index contributed by atoms with van der Waals surface area (Å²) in [7, 11) is 0. The minimum atomic E-state index is -0.699. The van der Waals surface area contributed by atoms with Crippen molar-refractivity contribution < 1.29 is 14.3 Å². The zero-order valence-electron chi connectivity index (χ0n) is 18.8. The van der Waals surface area contributed by atoms with Gasteiger partial charge < -0.3 is 9.52 Å². The summed E-state index contributed by atoms with van der Waals surface area (Å²) in [5.74, 6) is 0.130. The molecule has 3 aromatic rings. The number of carboxylic acid groups (broad SMARTS) is 1. The first-order valence-electron chi connectivity index (χ1n) is 11.0. The molecule has 3 heterocycles. The quantitative estimate of drug-likeness (QED) is 0.372. The van der Waals surface area contributed by atoms with Gasteiger partial charge in [-0.15, -0.1) is 11.3 Å². The van der Waals surface area contributed by atoms with Crippen LogP contribution in [0.3, 0.4) is 0 Å². The Morgan fingerprint density at radius 3 is 2.66 bits per heavy atom. The molecular weight excluding hydrogens is 418 g/mol. The van der Waals surface area contributed by atoms with Crippen LogP contribution in [0.2, 0.25) is 0 Å². The van der Waals surface area contributed by atoms with E-state index >= 15 is 0 Å². The van der Waals surface area contributed by atoms with E-state index in [1.54, 1.807) is 17.4 Å². The lowest BCUT2D eigenvalue weighted by atomic mass is 10.00. The SMILES string of the molecule is C=CC(=C)CN1CC(C(=O)O)C1.CC/C=C(\CC)c1cc2cc(-c3cccs3)ccc2o1. The molecule has 1 fully saturated rings. The molecule has 1 aromatic carbocycles. The number of likely N-dealkylation sites (tertiary alicyclic amines) is 1. The van der Waals surface area contributed by atoms with Crippen molar-refractivity contribution in [3.63, 3.8) is 0 Å². The van der Waals surface area contributed by atoms with E-state index in [0.29, 0.717) is 13.1 Å². The molecule has 4 nitrogen and oxygen atoms in total. The van der Waals surface area contributed by atoms with Gasteiger partial charge in [0.1, 0.15) is 11.3 Å². The van der Waals surface area contributed by atoms with Gasteiger partial charge in [-0.25, -0.2) is 0 Å². The monoisotopic (exact) mass is 449 g/mol. The first kappa shape index (κ1) is 23.8. The fourth-order valence-corrected chi connectivity index (χ4v) is 4.39. The number of furan rings is 1. The average molecular weight is 450 g/mol. The van der Waals surface area contributed by atoms with Gasteiger partial charge in [-0.2, -0.15) is 0 Å². The molecular formula is C27H31NO3S. The Labute approximate surface area is 194 Å². The summed E-state index contributed by atoms with van der Waals surface area (Å²) in [5.41, 5.74) is 4.47. The molecule has 2 aromatic heterocycles. The number of hydrogen-bond acceptors (Lipinski definition) is 4. The van der Waals surface area contributed by atoms with Crippen LogP contribution in [-0.4, -0.2) is 35.6 Å². The van der Waals surface area contributed by atoms with Gasteiger partial charge in [-0.3, -0.25) is 9.69 Å². The maximum Gasteiger partial charge on any atom is 0.309 e. The highest BCUT2D eigenvalue weighted by atomic mass is 32.1. The minimum absolute atomic E-state index is 0.178. The number of rotatable bonds is 8. The van der Waals surface area contributed by atoms with E-state index in [0.717, 1.165) is 36.3 Å². The average Bonchev–Trinajstić information content (AvgIpc) is 3.43. The van der Waals surface area contributed by atoms with Gasteiger partial charge >= 0.3 is 5.97 Å². The van der Waals surface area contributed by atoms with Crippen molar-refractivity contribution in [3.05, 3.63) is 78.4 Å². The van der Waals surface area contributed by atoms with Crippen LogP contribution in [0.25, 0.3) is 27.0 Å². The van der Waals surface area contributed by atoms with Crippen molar-refractivity contribution >= 4 is 33.8 Å². The Morgan fingerprint density at radius 1 is 1.28 bits per heavy atom. The van der Waals surface area contributed by atoms with E-state index in [9.17, 15) is 4.79 Å². The van der Waals surface area contributed by atoms with Crippen LogP contribution >= 0.6 is 11.3 Å². The van der Waals surface area contributed by atoms with Crippen LogP contribution in [0, 0.1) is 5.92 Å². The summed E-state index contributed by atoms with van der Waals surface area (Å²) in [6.07, 6.45) is 6.00. The predicted molar refractivity (Wildman–Crippen MR) is 135 cm³/mol. The topological polar surface area (TPSA) is 53.7 Å². The summed E-state index contributed by atoms with van der Waals surface area (Å²) in [4.78, 5) is 13.8. The highest BCUT2D eigenvalue weighted by molar-refractivity contribution is 7.13. The smallest absolute Gasteiger partial charge is 0.309 e. The van der Waals surface area contributed by atoms with Crippen LogP contribution in [0.1, 0.15) is 32.4 Å². The van der Waals surface area contributed by atoms with Gasteiger partial charge in [0.25, 0.3) is 0 Å². The van der Waals surface area contributed by atoms with Crippen molar-refractivity contribution in [1.29, 1.82) is 0 Å². The van der Waals surface area contributed by atoms with Gasteiger partial charge in [0, 0.05) is 29.9 Å². The van der Waals surface area contributed by atoms with Gasteiger partial charge in [0.2, 0.25) is 0 Å². The molecule has 0 unspecified atom stereocenters. The molecule has 0 saturated carbocycles. The highest BCUT2D eigenvalue weighted by Crippen LogP contribution is 2.32. The van der Waals surface area contributed by atoms with E-state index in [2.05, 4.69) is 74.9 Å². The molecule has 168 valence electrons. The van der Waals surface area contributed by atoms with E-state index in [1.165, 1.54) is 21.4 Å². The zero-order valence-corrected chi connectivity index (χ0v) is 19.7. The lowest BCUT2D eigenvalue weighted by Gasteiger charge is -2.36. The number of fused-ring (bicyclic) bond motifs is 1. The van der Waals surface area contributed by atoms with Crippen molar-refractivity contribution in [1.82, 2.24) is 4.90 Å². The molecule has 1 aliphatic heterocycles. The number of aliphatic carboxylic acids is 1. The molecule has 0 atom stereocenters. The van der Waals surface area contributed by atoms with Gasteiger partial charge in [-0.05, 0) is 65.3 Å². The Kier molecular flexibility index (Phi) is 8.26. The van der Waals surface area contributed by atoms with Crippen molar-refractivity contribution in [2.45, 2.75) is 26.7 Å². The second kappa shape index (κ2) is 11.1. The predicted octanol–water partition coefficient (Wildman–Crippen LogP) is 7.11. The Hall–Kier alpha value is -2.89. The molecule has 1 aliphatic rings. The standard InChI is InChI=1S/C18H18OS.C9H13NO2/c1-3-6-13(4-2)17-12-15-11-14(8-9-16(15)19-17)18-7-5-10-20-18;1-3-7(2)4-10-5-8(6-10)9(11)12/h5-12H,3-4H2,1-2H3;3,8H,1-2,4-6H2,(H,11,12)/b13-6+;. The summed E-state index contributed by atoms with van der Waals surface area (Å²) >= 11 is 1.77. The third-order valence-electron chi connectivity index (χ3n) is 5.49. The second-order valence-electron chi connectivity index (χ2n) is 7.92. The molecule has 0 spiro atoms. The Balaban J connectivity index is 0.000000207. The van der Waals surface area contributed by atoms with Crippen LogP contribution < -0.4 is 0 Å². The van der Waals surface area contributed by atoms with E-state index in [4.69, 9.17) is 9.52 Å². The first-order chi connectivity index (χ1) is 15.4. The number of allylic oxidation sites excluding steroid dienone is 2. The fourth-order valence-electron chi connectivity index (χ4n) is 3.67. The van der Waals surface area contributed by atoms with E-state index in [1.807, 2.05) is 4.90 Å². The van der Waals surface area contributed by atoms with Crippen LogP contribution in [-0.2, 0) is 4.79 Å². The zero-order chi connectivity index (χ0) is 23.1. The normalized spacial score (nSPS) is 14.5. The summed E-state index contributed by atoms with van der Waals surface area (Å²) in [5, 5.41) is 11.9. The van der Waals surface area contributed by atoms with E-state index in [-0.39, 0.29) is 5.92 Å². The molecule has 5 heteroatoms. The fraction of sp³-hybridized carbons (Fsp3) is 0.296. The van der Waals surface area contributed by atoms with Gasteiger partial charge in [0.05, 0.1) is 5.92 Å². The summed E-state index contributed by atoms with van der Waals surface area (Å²) in [6, 6.07) is 12.8. The number of benzene rings is 1. The number of carbonyl (C=O) groups is 1. The van der Waals surface area contributed by atoms with Crippen molar-refractivity contribution in [3.8, 4) is 10.4 Å². The van der Waals surface area contributed by atoms with Gasteiger partial charge in [-0.1, -0.05) is 45.2 Å². The highest BCUT2D eigenvalue weighted by Gasteiger charge is 2.31. The molecule has 0 bridgehead atoms. The van der Waals surface area contributed by atoms with Crippen molar-refractivity contribution in [2.75, 3.05) is 19.6 Å². The Morgan fingerprint density at radius 2 is 2.06 bits per heavy atom. The summed E-state index contributed by atoms with van der Waals surface area (Å²) < 4.78 is 5.98. The molecule has 0 radical (unpaired) electrons. The molecule has 1 saturated heterocycles.